The molecule has 3 aromatic carbocycles. The topological polar surface area (TPSA) is 143 Å². The summed E-state index contributed by atoms with van der Waals surface area (Å²) in [5.41, 5.74) is 2.00. The van der Waals surface area contributed by atoms with Crippen molar-refractivity contribution in [3.8, 4) is 6.07 Å². The van der Waals surface area contributed by atoms with E-state index in [4.69, 9.17) is 9.47 Å². The third-order valence-corrected chi connectivity index (χ3v) is 5.12. The molecule has 3 aromatic rings. The fourth-order valence-corrected chi connectivity index (χ4v) is 3.13. The second kappa shape index (κ2) is 11.4. The van der Waals surface area contributed by atoms with E-state index >= 15 is 0 Å². The van der Waals surface area contributed by atoms with Crippen molar-refractivity contribution in [3.05, 3.63) is 101 Å². The zero-order valence-corrected chi connectivity index (χ0v) is 19.4. The lowest BCUT2D eigenvalue weighted by molar-refractivity contribution is -0.157. The molecule has 1 amide bonds. The first-order valence-corrected chi connectivity index (χ1v) is 10.8. The van der Waals surface area contributed by atoms with Crippen molar-refractivity contribution in [3.63, 3.8) is 0 Å². The first kappa shape index (κ1) is 25.6. The number of hydrogen-bond acceptors (Lipinski definition) is 7. The summed E-state index contributed by atoms with van der Waals surface area (Å²) in [5.74, 6) is -4.83. The summed E-state index contributed by atoms with van der Waals surface area (Å²) < 4.78 is 10.4. The van der Waals surface area contributed by atoms with Gasteiger partial charge in [0, 0.05) is 0 Å². The maximum absolute atomic E-state index is 13.2. The standard InChI is InChI=1S/C27H22N2O7/c1-16-7-11-18(12-8-16)26(33)35-22(24(30)29-21-6-4-3-5-20(21)15-28)23(25(31)32)36-27(34)19-13-9-17(2)10-14-19/h3-14,22-23H,1-2H3,(H,29,30)(H,31,32)/t22-,23+/m1/s1. The highest BCUT2D eigenvalue weighted by Crippen LogP contribution is 2.18. The molecule has 0 aliphatic rings. The summed E-state index contributed by atoms with van der Waals surface area (Å²) in [6.45, 7) is 3.61. The molecule has 0 aromatic heterocycles. The maximum Gasteiger partial charge on any atom is 0.349 e. The summed E-state index contributed by atoms with van der Waals surface area (Å²) in [7, 11) is 0. The SMILES string of the molecule is Cc1ccc(C(=O)O[C@H](C(=O)O)[C@@H](OC(=O)c2ccc(C)cc2)C(=O)Nc2ccccc2C#N)cc1. The zero-order chi connectivity index (χ0) is 26.2. The van der Waals surface area contributed by atoms with Gasteiger partial charge in [-0.2, -0.15) is 5.26 Å². The van der Waals surface area contributed by atoms with Gasteiger partial charge in [-0.05, 0) is 50.2 Å². The molecule has 0 spiro atoms. The molecule has 0 aliphatic heterocycles. The monoisotopic (exact) mass is 486 g/mol. The van der Waals surface area contributed by atoms with E-state index in [-0.39, 0.29) is 22.4 Å². The van der Waals surface area contributed by atoms with Crippen LogP contribution >= 0.6 is 0 Å². The number of carbonyl (C=O) groups is 4. The maximum atomic E-state index is 13.2. The van der Waals surface area contributed by atoms with E-state index in [1.54, 1.807) is 43.3 Å². The Morgan fingerprint density at radius 2 is 1.25 bits per heavy atom. The number of nitriles is 1. The van der Waals surface area contributed by atoms with E-state index in [9.17, 15) is 29.5 Å². The van der Waals surface area contributed by atoms with Gasteiger partial charge >= 0.3 is 17.9 Å². The van der Waals surface area contributed by atoms with Crippen molar-refractivity contribution in [2.24, 2.45) is 0 Å². The van der Waals surface area contributed by atoms with Crippen LogP contribution in [0.2, 0.25) is 0 Å². The van der Waals surface area contributed by atoms with Crippen molar-refractivity contribution in [1.29, 1.82) is 5.26 Å². The number of ether oxygens (including phenoxy) is 2. The number of benzene rings is 3. The molecule has 2 atom stereocenters. The van der Waals surface area contributed by atoms with Crippen molar-refractivity contribution >= 4 is 29.5 Å². The highest BCUT2D eigenvalue weighted by Gasteiger charge is 2.41. The van der Waals surface area contributed by atoms with Crippen LogP contribution in [0.25, 0.3) is 0 Å². The number of amides is 1. The number of aryl methyl sites for hydroxylation is 2. The van der Waals surface area contributed by atoms with Gasteiger partial charge in [-0.25, -0.2) is 14.4 Å². The third-order valence-electron chi connectivity index (χ3n) is 5.12. The molecule has 0 aliphatic carbocycles. The Kier molecular flexibility index (Phi) is 8.15. The molecule has 0 saturated heterocycles. The molecule has 36 heavy (non-hydrogen) atoms. The minimum atomic E-state index is -2.18. The number of esters is 2. The first-order valence-electron chi connectivity index (χ1n) is 10.8. The number of hydrogen-bond donors (Lipinski definition) is 2. The number of nitrogens with zero attached hydrogens (tertiary/aromatic N) is 1. The predicted octanol–water partition coefficient (Wildman–Crippen LogP) is 3.65. The average molecular weight is 486 g/mol. The van der Waals surface area contributed by atoms with Crippen molar-refractivity contribution in [2.45, 2.75) is 26.1 Å². The number of aliphatic carboxylic acids is 1. The lowest BCUT2D eigenvalue weighted by Gasteiger charge is -2.24. The van der Waals surface area contributed by atoms with Gasteiger partial charge in [-0.15, -0.1) is 0 Å². The molecule has 0 heterocycles. The summed E-state index contributed by atoms with van der Waals surface area (Å²) in [6.07, 6.45) is -4.25. The zero-order valence-electron chi connectivity index (χ0n) is 19.4. The van der Waals surface area contributed by atoms with Crippen molar-refractivity contribution < 1.29 is 33.8 Å². The van der Waals surface area contributed by atoms with Crippen LogP contribution in [0.1, 0.15) is 37.4 Å². The molecular formula is C27H22N2O7. The van der Waals surface area contributed by atoms with Crippen LogP contribution in [0.4, 0.5) is 5.69 Å². The third kappa shape index (κ3) is 6.33. The van der Waals surface area contributed by atoms with Gasteiger partial charge in [-0.1, -0.05) is 47.5 Å². The molecular weight excluding hydrogens is 464 g/mol. The molecule has 9 nitrogen and oxygen atoms in total. The number of carbonyl (C=O) groups excluding carboxylic acids is 3. The minimum absolute atomic E-state index is 0.0469. The van der Waals surface area contributed by atoms with Crippen molar-refractivity contribution in [2.75, 3.05) is 5.32 Å². The van der Waals surface area contributed by atoms with Crippen LogP contribution in [-0.4, -0.2) is 41.1 Å². The van der Waals surface area contributed by atoms with E-state index in [0.717, 1.165) is 11.1 Å². The van der Waals surface area contributed by atoms with Crippen LogP contribution in [0, 0.1) is 25.2 Å². The van der Waals surface area contributed by atoms with E-state index in [0.29, 0.717) is 0 Å². The van der Waals surface area contributed by atoms with E-state index in [2.05, 4.69) is 5.32 Å². The molecule has 0 unspecified atom stereocenters. The average Bonchev–Trinajstić information content (AvgIpc) is 2.86. The number of nitrogens with one attached hydrogen (secondary N) is 1. The Labute approximate surface area is 206 Å². The van der Waals surface area contributed by atoms with Gasteiger partial charge in [0.25, 0.3) is 5.91 Å². The van der Waals surface area contributed by atoms with Gasteiger partial charge < -0.3 is 19.9 Å². The summed E-state index contributed by atoms with van der Waals surface area (Å²) in [5, 5.41) is 21.5. The Bertz CT molecular complexity index is 1330. The molecule has 0 saturated carbocycles. The van der Waals surface area contributed by atoms with E-state index in [1.165, 1.54) is 36.4 Å². The van der Waals surface area contributed by atoms with Gasteiger partial charge in [0.05, 0.1) is 22.4 Å². The second-order valence-electron chi connectivity index (χ2n) is 7.87. The molecule has 0 radical (unpaired) electrons. The lowest BCUT2D eigenvalue weighted by Crippen LogP contribution is -2.48. The molecule has 2 N–H and O–H groups in total. The van der Waals surface area contributed by atoms with E-state index in [1.807, 2.05) is 13.0 Å². The second-order valence-corrected chi connectivity index (χ2v) is 7.87. The number of carboxylic acid groups (broad SMARTS) is 1. The quantitative estimate of drug-likeness (QED) is 0.459. The van der Waals surface area contributed by atoms with Crippen LogP contribution in [0.15, 0.2) is 72.8 Å². The smallest absolute Gasteiger partial charge is 0.349 e. The van der Waals surface area contributed by atoms with Crippen molar-refractivity contribution in [1.82, 2.24) is 0 Å². The molecule has 3 rings (SSSR count). The van der Waals surface area contributed by atoms with Gasteiger partial charge in [0.2, 0.25) is 12.2 Å². The fourth-order valence-electron chi connectivity index (χ4n) is 3.13. The number of anilines is 1. The Hall–Kier alpha value is -4.97. The molecule has 9 heteroatoms. The minimum Gasteiger partial charge on any atom is -0.478 e. The lowest BCUT2D eigenvalue weighted by atomic mass is 10.1. The Morgan fingerprint density at radius 1 is 0.778 bits per heavy atom. The van der Waals surface area contributed by atoms with Gasteiger partial charge in [0.1, 0.15) is 6.07 Å². The number of carboxylic acids is 1. The summed E-state index contributed by atoms with van der Waals surface area (Å²) in [4.78, 5) is 50.7. The highest BCUT2D eigenvalue weighted by molar-refractivity contribution is 6.02. The molecule has 0 fully saturated rings. The normalized spacial score (nSPS) is 11.9. The van der Waals surface area contributed by atoms with Gasteiger partial charge in [-0.3, -0.25) is 4.79 Å². The Balaban J connectivity index is 1.94. The first-order chi connectivity index (χ1) is 17.2. The Morgan fingerprint density at radius 3 is 1.72 bits per heavy atom. The number of rotatable bonds is 8. The van der Waals surface area contributed by atoms with Crippen LogP contribution in [0.3, 0.4) is 0 Å². The summed E-state index contributed by atoms with van der Waals surface area (Å²) in [6, 6.07) is 20.2. The molecule has 0 bridgehead atoms. The fraction of sp³-hybridized carbons (Fsp3) is 0.148. The highest BCUT2D eigenvalue weighted by atomic mass is 16.6. The van der Waals surface area contributed by atoms with Crippen LogP contribution < -0.4 is 5.32 Å². The van der Waals surface area contributed by atoms with Crippen LogP contribution in [-0.2, 0) is 19.1 Å². The van der Waals surface area contributed by atoms with Crippen LogP contribution in [0.5, 0.6) is 0 Å². The number of para-hydroxylation sites is 1. The van der Waals surface area contributed by atoms with E-state index < -0.39 is 36.0 Å². The van der Waals surface area contributed by atoms with Gasteiger partial charge in [0.15, 0.2) is 0 Å². The molecule has 182 valence electrons. The predicted molar refractivity (Wildman–Crippen MR) is 128 cm³/mol. The largest absolute Gasteiger partial charge is 0.478 e. The summed E-state index contributed by atoms with van der Waals surface area (Å²) >= 11 is 0.